The van der Waals surface area contributed by atoms with Gasteiger partial charge in [0.2, 0.25) is 5.91 Å². The van der Waals surface area contributed by atoms with Gasteiger partial charge in [-0.2, -0.15) is 0 Å². The number of amides is 1. The Bertz CT molecular complexity index is 536. The highest BCUT2D eigenvalue weighted by Crippen LogP contribution is 1.98. The van der Waals surface area contributed by atoms with Crippen molar-refractivity contribution >= 4 is 35.8 Å². The molecule has 2 rings (SSSR count). The van der Waals surface area contributed by atoms with Gasteiger partial charge >= 0.3 is 0 Å². The maximum atomic E-state index is 11.8. The second-order valence-electron chi connectivity index (χ2n) is 6.01. The SMILES string of the molecule is I.NC(=NCCCN1CCOCC1)NCCC(=O)NCc1ccccc1. The van der Waals surface area contributed by atoms with Crippen LogP contribution in [0.25, 0.3) is 0 Å². The van der Waals surface area contributed by atoms with Gasteiger partial charge in [0.05, 0.1) is 13.2 Å². The smallest absolute Gasteiger partial charge is 0.222 e. The number of carbonyl (C=O) groups is 1. The highest BCUT2D eigenvalue weighted by atomic mass is 127. The van der Waals surface area contributed by atoms with Crippen LogP contribution in [0.1, 0.15) is 18.4 Å². The van der Waals surface area contributed by atoms with Crippen LogP contribution in [-0.4, -0.2) is 62.7 Å². The van der Waals surface area contributed by atoms with Crippen molar-refractivity contribution in [3.8, 4) is 0 Å². The van der Waals surface area contributed by atoms with Crippen LogP contribution in [0.3, 0.4) is 0 Å². The van der Waals surface area contributed by atoms with E-state index in [1.807, 2.05) is 30.3 Å². The number of halogens is 1. The Morgan fingerprint density at radius 3 is 2.65 bits per heavy atom. The number of nitrogens with two attached hydrogens (primary N) is 1. The molecule has 7 nitrogen and oxygen atoms in total. The van der Waals surface area contributed by atoms with Crippen molar-refractivity contribution in [1.29, 1.82) is 0 Å². The van der Waals surface area contributed by atoms with Gasteiger partial charge in [-0.1, -0.05) is 30.3 Å². The maximum Gasteiger partial charge on any atom is 0.222 e. The van der Waals surface area contributed by atoms with E-state index in [-0.39, 0.29) is 29.9 Å². The molecule has 1 aromatic rings. The summed E-state index contributed by atoms with van der Waals surface area (Å²) in [5.41, 5.74) is 6.91. The van der Waals surface area contributed by atoms with Crippen LogP contribution in [-0.2, 0) is 16.1 Å². The maximum absolute atomic E-state index is 11.8. The fourth-order valence-corrected chi connectivity index (χ4v) is 2.56. The molecule has 26 heavy (non-hydrogen) atoms. The van der Waals surface area contributed by atoms with E-state index in [0.717, 1.165) is 44.8 Å². The number of hydrogen-bond donors (Lipinski definition) is 3. The third-order valence-electron chi connectivity index (χ3n) is 4.01. The molecule has 4 N–H and O–H groups in total. The van der Waals surface area contributed by atoms with Crippen molar-refractivity contribution in [3.05, 3.63) is 35.9 Å². The van der Waals surface area contributed by atoms with Gasteiger partial charge in [-0.3, -0.25) is 14.7 Å². The fourth-order valence-electron chi connectivity index (χ4n) is 2.56. The van der Waals surface area contributed by atoms with Crippen molar-refractivity contribution in [2.45, 2.75) is 19.4 Å². The Balaban J connectivity index is 0.00000338. The van der Waals surface area contributed by atoms with E-state index >= 15 is 0 Å². The number of aliphatic imine (C=N–C) groups is 1. The van der Waals surface area contributed by atoms with E-state index in [2.05, 4.69) is 20.5 Å². The molecule has 0 unspecified atom stereocenters. The van der Waals surface area contributed by atoms with Crippen LogP contribution in [0.5, 0.6) is 0 Å². The first-order valence-corrected chi connectivity index (χ1v) is 8.88. The minimum atomic E-state index is -0.00327. The van der Waals surface area contributed by atoms with Gasteiger partial charge in [-0.15, -0.1) is 24.0 Å². The molecule has 0 radical (unpaired) electrons. The molecule has 1 aliphatic heterocycles. The molecule has 0 atom stereocenters. The number of benzene rings is 1. The number of ether oxygens (including phenoxy) is 1. The zero-order valence-electron chi connectivity index (χ0n) is 15.2. The van der Waals surface area contributed by atoms with Crippen LogP contribution in [0.4, 0.5) is 0 Å². The van der Waals surface area contributed by atoms with E-state index in [9.17, 15) is 4.79 Å². The summed E-state index contributed by atoms with van der Waals surface area (Å²) in [5, 5.41) is 5.87. The minimum Gasteiger partial charge on any atom is -0.379 e. The highest BCUT2D eigenvalue weighted by molar-refractivity contribution is 14.0. The topological polar surface area (TPSA) is 92.0 Å². The van der Waals surface area contributed by atoms with Gasteiger partial charge in [0, 0.05) is 45.7 Å². The van der Waals surface area contributed by atoms with Gasteiger partial charge in [0.1, 0.15) is 0 Å². The lowest BCUT2D eigenvalue weighted by atomic mass is 10.2. The largest absolute Gasteiger partial charge is 0.379 e. The molecule has 146 valence electrons. The van der Waals surface area contributed by atoms with Crippen LogP contribution in [0.15, 0.2) is 35.3 Å². The molecule has 0 spiro atoms. The first kappa shape index (κ1) is 22.7. The van der Waals surface area contributed by atoms with Gasteiger partial charge < -0.3 is 21.1 Å². The number of guanidine groups is 1. The second kappa shape index (κ2) is 13.8. The highest BCUT2D eigenvalue weighted by Gasteiger charge is 2.08. The Morgan fingerprint density at radius 1 is 1.19 bits per heavy atom. The molecular formula is C18H30IN5O2. The molecule has 1 heterocycles. The fraction of sp³-hybridized carbons (Fsp3) is 0.556. The third kappa shape index (κ3) is 9.93. The quantitative estimate of drug-likeness (QED) is 0.214. The predicted molar refractivity (Wildman–Crippen MR) is 115 cm³/mol. The molecule has 1 aromatic carbocycles. The third-order valence-corrected chi connectivity index (χ3v) is 4.01. The summed E-state index contributed by atoms with van der Waals surface area (Å²) in [5.74, 6) is 0.398. The zero-order valence-corrected chi connectivity index (χ0v) is 17.5. The Hall–Kier alpha value is -1.39. The zero-order chi connectivity index (χ0) is 17.7. The summed E-state index contributed by atoms with van der Waals surface area (Å²) in [6, 6.07) is 9.84. The van der Waals surface area contributed by atoms with Crippen molar-refractivity contribution in [2.75, 3.05) is 45.9 Å². The molecule has 0 aliphatic carbocycles. The average Bonchev–Trinajstić information content (AvgIpc) is 2.65. The van der Waals surface area contributed by atoms with Gasteiger partial charge in [0.15, 0.2) is 5.96 Å². The van der Waals surface area contributed by atoms with E-state index in [1.54, 1.807) is 0 Å². The summed E-state index contributed by atoms with van der Waals surface area (Å²) in [7, 11) is 0. The molecule has 1 saturated heterocycles. The average molecular weight is 475 g/mol. The van der Waals surface area contributed by atoms with E-state index in [1.165, 1.54) is 0 Å². The van der Waals surface area contributed by atoms with Crippen molar-refractivity contribution in [2.24, 2.45) is 10.7 Å². The van der Waals surface area contributed by atoms with Crippen LogP contribution < -0.4 is 16.4 Å². The first-order chi connectivity index (χ1) is 12.2. The van der Waals surface area contributed by atoms with Crippen molar-refractivity contribution < 1.29 is 9.53 Å². The van der Waals surface area contributed by atoms with Crippen LogP contribution >= 0.6 is 24.0 Å². The van der Waals surface area contributed by atoms with Gasteiger partial charge in [-0.25, -0.2) is 0 Å². The lowest BCUT2D eigenvalue weighted by Gasteiger charge is -2.26. The Morgan fingerprint density at radius 2 is 1.92 bits per heavy atom. The summed E-state index contributed by atoms with van der Waals surface area (Å²) in [6.45, 7) is 6.37. The number of nitrogens with one attached hydrogen (secondary N) is 2. The number of rotatable bonds is 9. The number of morpholine rings is 1. The second-order valence-corrected chi connectivity index (χ2v) is 6.01. The summed E-state index contributed by atoms with van der Waals surface area (Å²) >= 11 is 0. The molecular weight excluding hydrogens is 445 g/mol. The molecule has 0 aromatic heterocycles. The number of carbonyl (C=O) groups excluding carboxylic acids is 1. The van der Waals surface area contributed by atoms with E-state index in [0.29, 0.717) is 32.0 Å². The number of hydrogen-bond acceptors (Lipinski definition) is 4. The lowest BCUT2D eigenvalue weighted by Crippen LogP contribution is -2.37. The van der Waals surface area contributed by atoms with Crippen molar-refractivity contribution in [1.82, 2.24) is 15.5 Å². The summed E-state index contributed by atoms with van der Waals surface area (Å²) in [6.07, 6.45) is 1.34. The molecule has 8 heteroatoms. The lowest BCUT2D eigenvalue weighted by molar-refractivity contribution is -0.121. The number of nitrogens with zero attached hydrogens (tertiary/aromatic N) is 2. The first-order valence-electron chi connectivity index (χ1n) is 8.88. The monoisotopic (exact) mass is 475 g/mol. The normalized spacial score (nSPS) is 15.2. The molecule has 0 bridgehead atoms. The van der Waals surface area contributed by atoms with Gasteiger partial charge in [-0.05, 0) is 12.0 Å². The Labute approximate surface area is 172 Å². The Kier molecular flexibility index (Phi) is 12.0. The minimum absolute atomic E-state index is 0. The van der Waals surface area contributed by atoms with Crippen LogP contribution in [0.2, 0.25) is 0 Å². The van der Waals surface area contributed by atoms with Gasteiger partial charge in [0.25, 0.3) is 0 Å². The summed E-state index contributed by atoms with van der Waals surface area (Å²) < 4.78 is 5.32. The molecule has 1 fully saturated rings. The van der Waals surface area contributed by atoms with E-state index in [4.69, 9.17) is 10.5 Å². The molecule has 1 amide bonds. The molecule has 0 saturated carbocycles. The summed E-state index contributed by atoms with van der Waals surface area (Å²) in [4.78, 5) is 18.5. The van der Waals surface area contributed by atoms with Crippen LogP contribution in [0, 0.1) is 0 Å². The van der Waals surface area contributed by atoms with Crippen molar-refractivity contribution in [3.63, 3.8) is 0 Å². The standard InChI is InChI=1S/C18H29N5O2.HI/c19-18(20-8-4-10-23-11-13-25-14-12-23)21-9-7-17(24)22-15-16-5-2-1-3-6-16;/h1-3,5-6H,4,7-15H2,(H,22,24)(H3,19,20,21);1H. The van der Waals surface area contributed by atoms with E-state index < -0.39 is 0 Å². The molecule has 1 aliphatic rings. The predicted octanol–water partition coefficient (Wildman–Crippen LogP) is 0.938.